The normalized spacial score (nSPS) is 14.6. The molecule has 0 atom stereocenters. The molecule has 0 aliphatic heterocycles. The average Bonchev–Trinajstić information content (AvgIpc) is 3.33. The van der Waals surface area contributed by atoms with Gasteiger partial charge in [0.15, 0.2) is 0 Å². The summed E-state index contributed by atoms with van der Waals surface area (Å²) in [5, 5.41) is 1.91. The lowest BCUT2D eigenvalue weighted by Gasteiger charge is -2.12. The van der Waals surface area contributed by atoms with Crippen LogP contribution in [0.5, 0.6) is 0 Å². The van der Waals surface area contributed by atoms with Gasteiger partial charge in [0.25, 0.3) is 5.56 Å². The van der Waals surface area contributed by atoms with Gasteiger partial charge in [-0.3, -0.25) is 4.79 Å². The summed E-state index contributed by atoms with van der Waals surface area (Å²) in [6, 6.07) is 18.1. The minimum Gasteiger partial charge on any atom is -0.321 e. The molecule has 0 unspecified atom stereocenters. The summed E-state index contributed by atoms with van der Waals surface area (Å²) in [6.45, 7) is 0. The largest absolute Gasteiger partial charge is 0.321 e. The van der Waals surface area contributed by atoms with E-state index in [9.17, 15) is 4.79 Å². The lowest BCUT2D eigenvalue weighted by Crippen LogP contribution is -2.10. The Labute approximate surface area is 117 Å². The highest BCUT2D eigenvalue weighted by atomic mass is 16.1. The van der Waals surface area contributed by atoms with Gasteiger partial charge in [0.2, 0.25) is 0 Å². The molecular weight excluding hydrogens is 246 g/mol. The van der Waals surface area contributed by atoms with Crippen LogP contribution in [0.3, 0.4) is 0 Å². The molecule has 0 spiro atoms. The van der Waals surface area contributed by atoms with E-state index in [0.29, 0.717) is 5.92 Å². The fraction of sp³-hybridized carbons (Fsp3) is 0.167. The van der Waals surface area contributed by atoms with Crippen LogP contribution in [0, 0.1) is 0 Å². The topological polar surface area (TPSA) is 32.9 Å². The van der Waals surface area contributed by atoms with Crippen molar-refractivity contribution in [2.75, 3.05) is 0 Å². The Kier molecular flexibility index (Phi) is 2.49. The molecule has 2 aromatic carbocycles. The third-order valence-corrected chi connectivity index (χ3v) is 4.02. The van der Waals surface area contributed by atoms with Crippen LogP contribution < -0.4 is 5.56 Å². The van der Waals surface area contributed by atoms with E-state index in [1.54, 1.807) is 0 Å². The van der Waals surface area contributed by atoms with Crippen LogP contribution in [0.4, 0.5) is 0 Å². The molecule has 0 amide bonds. The summed E-state index contributed by atoms with van der Waals surface area (Å²) in [7, 11) is 0. The van der Waals surface area contributed by atoms with Gasteiger partial charge in [-0.2, -0.15) is 0 Å². The van der Waals surface area contributed by atoms with Crippen molar-refractivity contribution in [3.05, 3.63) is 70.5 Å². The molecule has 3 aromatic rings. The van der Waals surface area contributed by atoms with E-state index in [1.807, 2.05) is 36.4 Å². The molecule has 2 nitrogen and oxygen atoms in total. The van der Waals surface area contributed by atoms with E-state index in [0.717, 1.165) is 22.0 Å². The number of fused-ring (bicyclic) bond motifs is 1. The molecule has 1 aliphatic rings. The minimum absolute atomic E-state index is 0.00357. The van der Waals surface area contributed by atoms with Gasteiger partial charge in [-0.25, -0.2) is 0 Å². The van der Waals surface area contributed by atoms with Crippen LogP contribution in [-0.4, -0.2) is 4.98 Å². The molecule has 2 heteroatoms. The molecule has 1 aromatic heterocycles. The zero-order chi connectivity index (χ0) is 13.5. The first-order valence-corrected chi connectivity index (χ1v) is 7.05. The summed E-state index contributed by atoms with van der Waals surface area (Å²) >= 11 is 0. The highest BCUT2D eigenvalue weighted by Gasteiger charge is 2.29. The fourth-order valence-electron chi connectivity index (χ4n) is 2.93. The molecule has 0 radical (unpaired) electrons. The Morgan fingerprint density at radius 1 is 0.850 bits per heavy atom. The molecule has 1 fully saturated rings. The zero-order valence-electron chi connectivity index (χ0n) is 11.1. The number of nitrogens with one attached hydrogen (secondary N) is 1. The van der Waals surface area contributed by atoms with Crippen molar-refractivity contribution in [3.8, 4) is 11.3 Å². The van der Waals surface area contributed by atoms with Crippen molar-refractivity contribution in [2.24, 2.45) is 0 Å². The van der Waals surface area contributed by atoms with Crippen molar-refractivity contribution < 1.29 is 0 Å². The maximum absolute atomic E-state index is 12.3. The number of hydrogen-bond acceptors (Lipinski definition) is 1. The van der Waals surface area contributed by atoms with Crippen LogP contribution >= 0.6 is 0 Å². The summed E-state index contributed by atoms with van der Waals surface area (Å²) in [6.07, 6.45) is 2.44. The Bertz CT molecular complexity index is 829. The van der Waals surface area contributed by atoms with Crippen LogP contribution in [0.25, 0.3) is 22.0 Å². The smallest absolute Gasteiger partial charge is 0.256 e. The van der Waals surface area contributed by atoms with Crippen molar-refractivity contribution in [3.63, 3.8) is 0 Å². The molecule has 1 aliphatic carbocycles. The van der Waals surface area contributed by atoms with Crippen molar-refractivity contribution >= 4 is 10.8 Å². The number of aromatic amines is 1. The molecule has 0 bridgehead atoms. The standard InChI is InChI=1S/C18H15NO/c20-18-15-9-5-4-8-14(15)16(12-10-11-12)17(19-18)13-6-2-1-3-7-13/h1-9,12H,10-11H2,(H,19,20). The average molecular weight is 261 g/mol. The third kappa shape index (κ3) is 1.76. The number of aromatic nitrogens is 1. The highest BCUT2D eigenvalue weighted by Crippen LogP contribution is 2.46. The second-order valence-corrected chi connectivity index (χ2v) is 5.43. The fourth-order valence-corrected chi connectivity index (χ4v) is 2.93. The Morgan fingerprint density at radius 3 is 2.20 bits per heavy atom. The first-order chi connectivity index (χ1) is 9.84. The number of H-pyrrole nitrogens is 1. The highest BCUT2D eigenvalue weighted by molar-refractivity contribution is 5.90. The van der Waals surface area contributed by atoms with E-state index in [-0.39, 0.29) is 5.56 Å². The van der Waals surface area contributed by atoms with E-state index in [4.69, 9.17) is 0 Å². The van der Waals surface area contributed by atoms with E-state index < -0.39 is 0 Å². The van der Waals surface area contributed by atoms with E-state index in [1.165, 1.54) is 18.4 Å². The van der Waals surface area contributed by atoms with Gasteiger partial charge in [-0.1, -0.05) is 48.5 Å². The number of benzene rings is 2. The van der Waals surface area contributed by atoms with Crippen LogP contribution in [0.15, 0.2) is 59.4 Å². The number of hydrogen-bond donors (Lipinski definition) is 1. The molecule has 98 valence electrons. The summed E-state index contributed by atoms with van der Waals surface area (Å²) < 4.78 is 0. The van der Waals surface area contributed by atoms with Crippen LogP contribution in [-0.2, 0) is 0 Å². The second kappa shape index (κ2) is 4.34. The maximum atomic E-state index is 12.3. The van der Waals surface area contributed by atoms with Crippen molar-refractivity contribution in [2.45, 2.75) is 18.8 Å². The van der Waals surface area contributed by atoms with E-state index in [2.05, 4.69) is 23.2 Å². The molecule has 0 saturated heterocycles. The lowest BCUT2D eigenvalue weighted by atomic mass is 9.96. The zero-order valence-corrected chi connectivity index (χ0v) is 11.1. The van der Waals surface area contributed by atoms with Crippen molar-refractivity contribution in [1.29, 1.82) is 0 Å². The second-order valence-electron chi connectivity index (χ2n) is 5.43. The van der Waals surface area contributed by atoms with Gasteiger partial charge >= 0.3 is 0 Å². The monoisotopic (exact) mass is 261 g/mol. The molecule has 1 heterocycles. The number of rotatable bonds is 2. The Morgan fingerprint density at radius 2 is 1.50 bits per heavy atom. The van der Waals surface area contributed by atoms with Crippen molar-refractivity contribution in [1.82, 2.24) is 4.98 Å². The maximum Gasteiger partial charge on any atom is 0.256 e. The predicted octanol–water partition coefficient (Wildman–Crippen LogP) is 4.07. The van der Waals surface area contributed by atoms with E-state index >= 15 is 0 Å². The SMILES string of the molecule is O=c1[nH]c(-c2ccccc2)c(C2CC2)c2ccccc12. The molecular formula is C18H15NO. The lowest BCUT2D eigenvalue weighted by molar-refractivity contribution is 1.11. The quantitative estimate of drug-likeness (QED) is 0.741. The predicted molar refractivity (Wildman–Crippen MR) is 82.0 cm³/mol. The Hall–Kier alpha value is -2.35. The van der Waals surface area contributed by atoms with Gasteiger partial charge in [0.05, 0.1) is 5.69 Å². The first-order valence-electron chi connectivity index (χ1n) is 7.05. The van der Waals surface area contributed by atoms with Gasteiger partial charge in [-0.15, -0.1) is 0 Å². The molecule has 4 rings (SSSR count). The summed E-state index contributed by atoms with van der Waals surface area (Å²) in [5.74, 6) is 0.590. The molecule has 1 saturated carbocycles. The van der Waals surface area contributed by atoms with Crippen LogP contribution in [0.1, 0.15) is 24.3 Å². The van der Waals surface area contributed by atoms with Crippen LogP contribution in [0.2, 0.25) is 0 Å². The molecule has 1 N–H and O–H groups in total. The minimum atomic E-state index is 0.00357. The molecule has 20 heavy (non-hydrogen) atoms. The first kappa shape index (κ1) is 11.5. The van der Waals surface area contributed by atoms with Gasteiger partial charge < -0.3 is 4.98 Å². The number of pyridine rings is 1. The third-order valence-electron chi connectivity index (χ3n) is 4.02. The van der Waals surface area contributed by atoms with Gasteiger partial charge in [0, 0.05) is 5.39 Å². The summed E-state index contributed by atoms with van der Waals surface area (Å²) in [5.41, 5.74) is 3.41. The summed E-state index contributed by atoms with van der Waals surface area (Å²) in [4.78, 5) is 15.4. The Balaban J connectivity index is 2.11. The van der Waals surface area contributed by atoms with Gasteiger partial charge in [-0.05, 0) is 41.3 Å². The van der Waals surface area contributed by atoms with Gasteiger partial charge in [0.1, 0.15) is 0 Å².